The van der Waals surface area contributed by atoms with E-state index >= 15 is 0 Å². The molecule has 4 fully saturated rings. The summed E-state index contributed by atoms with van der Waals surface area (Å²) in [6.07, 6.45) is 4.91. The van der Waals surface area contributed by atoms with Gasteiger partial charge >= 0.3 is 0 Å². The molecule has 3 amide bonds. The number of ether oxygens (including phenoxy) is 3. The van der Waals surface area contributed by atoms with Gasteiger partial charge in [0.1, 0.15) is 17.4 Å². The van der Waals surface area contributed by atoms with E-state index in [1.807, 2.05) is 38.1 Å². The highest BCUT2D eigenvalue weighted by atomic mass is 16.5. The molecule has 11 nitrogen and oxygen atoms in total. The molecule has 0 radical (unpaired) electrons. The standard InChI is InChI=1S/C36H52N4O7/c1-6-15-38(19-18-37-20-23-45-24-21-37)34(44)31-36-25-26(4)35(5,47-36)29(30(36)33(43)40(31)17-9-10-22-41)32(42)39(16-7-2)27-11-13-28(14-12-27)46-8-3/h6-7,11-14,26,29-31,41H,1-2,8-10,15-25H2,3-5H3/t26?,29-,30+,31?,35+,36?/m1/s1. The van der Waals surface area contributed by atoms with Gasteiger partial charge in [-0.3, -0.25) is 19.3 Å². The first-order chi connectivity index (χ1) is 22.7. The lowest BCUT2D eigenvalue weighted by Crippen LogP contribution is -2.57. The molecule has 0 aromatic heterocycles. The number of nitrogens with zero attached hydrogens (tertiary/aromatic N) is 4. The number of likely N-dealkylation sites (tertiary alicyclic amines) is 1. The van der Waals surface area contributed by atoms with Crippen molar-refractivity contribution in [3.8, 4) is 5.75 Å². The molecule has 47 heavy (non-hydrogen) atoms. The van der Waals surface area contributed by atoms with E-state index in [9.17, 15) is 19.5 Å². The fraction of sp³-hybridized carbons (Fsp3) is 0.639. The van der Waals surface area contributed by atoms with Crippen LogP contribution < -0.4 is 9.64 Å². The van der Waals surface area contributed by atoms with Gasteiger partial charge in [-0.05, 0) is 63.3 Å². The number of hydrogen-bond acceptors (Lipinski definition) is 8. The van der Waals surface area contributed by atoms with E-state index in [-0.39, 0.29) is 36.8 Å². The van der Waals surface area contributed by atoms with Crippen LogP contribution in [0.2, 0.25) is 0 Å². The Labute approximate surface area is 279 Å². The fourth-order valence-corrected chi connectivity index (χ4v) is 8.24. The maximum absolute atomic E-state index is 14.8. The van der Waals surface area contributed by atoms with Crippen LogP contribution >= 0.6 is 0 Å². The van der Waals surface area contributed by atoms with Crippen LogP contribution in [0.15, 0.2) is 49.6 Å². The molecule has 4 saturated heterocycles. The van der Waals surface area contributed by atoms with Crippen LogP contribution in [0.25, 0.3) is 0 Å². The number of unbranched alkanes of at least 4 members (excludes halogenated alkanes) is 1. The molecule has 4 aliphatic heterocycles. The summed E-state index contributed by atoms with van der Waals surface area (Å²) in [5.41, 5.74) is -1.43. The summed E-state index contributed by atoms with van der Waals surface area (Å²) in [5, 5.41) is 9.55. The average molecular weight is 653 g/mol. The van der Waals surface area contributed by atoms with Gasteiger partial charge in [0.05, 0.1) is 37.3 Å². The second-order valence-electron chi connectivity index (χ2n) is 13.4. The molecular weight excluding hydrogens is 600 g/mol. The molecule has 5 rings (SSSR count). The number of aliphatic hydroxyl groups excluding tert-OH is 1. The number of aliphatic hydroxyl groups is 1. The van der Waals surface area contributed by atoms with E-state index < -0.39 is 29.1 Å². The smallest absolute Gasteiger partial charge is 0.248 e. The zero-order valence-corrected chi connectivity index (χ0v) is 28.3. The van der Waals surface area contributed by atoms with Gasteiger partial charge in [0.15, 0.2) is 0 Å². The predicted octanol–water partition coefficient (Wildman–Crippen LogP) is 2.73. The SMILES string of the molecule is C=CCN(CCN1CCOCC1)C(=O)C1N(CCCCO)C(=O)[C@@H]2[C@H](C(=O)N(CC=C)c3ccc(OCC)cc3)[C@@]3(C)OC12CC3C. The molecule has 1 spiro atoms. The molecule has 1 aromatic rings. The second kappa shape index (κ2) is 14.9. The first-order valence-corrected chi connectivity index (χ1v) is 17.1. The molecule has 2 bridgehead atoms. The van der Waals surface area contributed by atoms with Gasteiger partial charge in [-0.25, -0.2) is 0 Å². The van der Waals surface area contributed by atoms with Crippen LogP contribution in [0.4, 0.5) is 5.69 Å². The van der Waals surface area contributed by atoms with Crippen molar-refractivity contribution < 1.29 is 33.7 Å². The summed E-state index contributed by atoms with van der Waals surface area (Å²) in [5.74, 6) is -1.64. The largest absolute Gasteiger partial charge is 0.494 e. The van der Waals surface area contributed by atoms with E-state index in [2.05, 4.69) is 25.0 Å². The Kier molecular flexibility index (Phi) is 11.1. The zero-order chi connectivity index (χ0) is 33.8. The number of carbonyl (C=O) groups is 3. The monoisotopic (exact) mass is 652 g/mol. The van der Waals surface area contributed by atoms with Crippen molar-refractivity contribution >= 4 is 23.4 Å². The van der Waals surface area contributed by atoms with E-state index in [4.69, 9.17) is 14.2 Å². The van der Waals surface area contributed by atoms with Gasteiger partial charge < -0.3 is 34.0 Å². The van der Waals surface area contributed by atoms with Crippen LogP contribution in [0.1, 0.15) is 40.0 Å². The number of hydrogen-bond donors (Lipinski definition) is 1. The fourth-order valence-electron chi connectivity index (χ4n) is 8.24. The van der Waals surface area contributed by atoms with Crippen molar-refractivity contribution in [1.29, 1.82) is 0 Å². The zero-order valence-electron chi connectivity index (χ0n) is 28.3. The van der Waals surface area contributed by atoms with Crippen LogP contribution in [0.3, 0.4) is 0 Å². The minimum Gasteiger partial charge on any atom is -0.494 e. The van der Waals surface area contributed by atoms with Gasteiger partial charge in [0.2, 0.25) is 17.7 Å². The minimum atomic E-state index is -1.15. The molecule has 11 heteroatoms. The van der Waals surface area contributed by atoms with Gasteiger partial charge in [0, 0.05) is 58.1 Å². The Morgan fingerprint density at radius 3 is 2.43 bits per heavy atom. The highest BCUT2D eigenvalue weighted by Crippen LogP contribution is 2.65. The second-order valence-corrected chi connectivity index (χ2v) is 13.4. The number of fused-ring (bicyclic) bond motifs is 1. The Bertz CT molecular complexity index is 1300. The molecule has 4 aliphatic rings. The van der Waals surface area contributed by atoms with Gasteiger partial charge in [-0.2, -0.15) is 0 Å². The van der Waals surface area contributed by atoms with Crippen molar-refractivity contribution in [3.05, 3.63) is 49.6 Å². The van der Waals surface area contributed by atoms with Gasteiger partial charge in [-0.1, -0.05) is 19.1 Å². The third-order valence-electron chi connectivity index (χ3n) is 10.6. The molecule has 3 unspecified atom stereocenters. The molecule has 1 N–H and O–H groups in total. The lowest BCUT2D eigenvalue weighted by atomic mass is 9.62. The number of morpholine rings is 1. The summed E-state index contributed by atoms with van der Waals surface area (Å²) in [6.45, 7) is 19.2. The molecule has 6 atom stereocenters. The quantitative estimate of drug-likeness (QED) is 0.215. The van der Waals surface area contributed by atoms with Crippen LogP contribution in [-0.2, 0) is 23.9 Å². The van der Waals surface area contributed by atoms with Gasteiger partial charge in [-0.15, -0.1) is 13.2 Å². The van der Waals surface area contributed by atoms with Crippen molar-refractivity contribution in [2.45, 2.75) is 57.3 Å². The molecule has 258 valence electrons. The van der Waals surface area contributed by atoms with Crippen molar-refractivity contribution in [1.82, 2.24) is 14.7 Å². The van der Waals surface area contributed by atoms with Crippen molar-refractivity contribution in [2.24, 2.45) is 17.8 Å². The normalized spacial score (nSPS) is 29.9. The Morgan fingerprint density at radius 1 is 1.09 bits per heavy atom. The first kappa shape index (κ1) is 35.1. The van der Waals surface area contributed by atoms with Crippen LogP contribution in [0.5, 0.6) is 5.75 Å². The molecule has 0 aliphatic carbocycles. The summed E-state index contributed by atoms with van der Waals surface area (Å²) < 4.78 is 18.1. The molecule has 0 saturated carbocycles. The third kappa shape index (κ3) is 6.47. The topological polar surface area (TPSA) is 112 Å². The summed E-state index contributed by atoms with van der Waals surface area (Å²) in [6, 6.07) is 6.45. The minimum absolute atomic E-state index is 0.0112. The Balaban J connectivity index is 1.50. The molecular formula is C36H52N4O7. The number of benzene rings is 1. The lowest BCUT2D eigenvalue weighted by Gasteiger charge is -2.39. The average Bonchev–Trinajstić information content (AvgIpc) is 3.58. The van der Waals surface area contributed by atoms with E-state index in [1.54, 1.807) is 26.9 Å². The lowest BCUT2D eigenvalue weighted by molar-refractivity contribution is -0.152. The number of amides is 3. The maximum atomic E-state index is 14.8. The highest BCUT2D eigenvalue weighted by Gasteiger charge is 2.80. The number of anilines is 1. The van der Waals surface area contributed by atoms with Crippen molar-refractivity contribution in [3.63, 3.8) is 0 Å². The van der Waals surface area contributed by atoms with E-state index in [0.717, 1.165) is 13.1 Å². The summed E-state index contributed by atoms with van der Waals surface area (Å²) in [4.78, 5) is 51.5. The van der Waals surface area contributed by atoms with Crippen LogP contribution in [-0.4, -0.2) is 127 Å². The number of carbonyl (C=O) groups excluding carboxylic acids is 3. The summed E-state index contributed by atoms with van der Waals surface area (Å²) >= 11 is 0. The number of rotatable bonds is 16. The predicted molar refractivity (Wildman–Crippen MR) is 179 cm³/mol. The molecule has 1 aromatic carbocycles. The first-order valence-electron chi connectivity index (χ1n) is 17.1. The van der Waals surface area contributed by atoms with Gasteiger partial charge in [0.25, 0.3) is 0 Å². The van der Waals surface area contributed by atoms with E-state index in [1.165, 1.54) is 0 Å². The maximum Gasteiger partial charge on any atom is 0.248 e. The highest BCUT2D eigenvalue weighted by molar-refractivity contribution is 6.03. The third-order valence-corrected chi connectivity index (χ3v) is 10.6. The summed E-state index contributed by atoms with van der Waals surface area (Å²) in [7, 11) is 0. The van der Waals surface area contributed by atoms with Crippen molar-refractivity contribution in [2.75, 3.05) is 77.1 Å². The van der Waals surface area contributed by atoms with Crippen LogP contribution in [0, 0.1) is 17.8 Å². The Hall–Kier alpha value is -3.25. The molecule has 4 heterocycles. The Morgan fingerprint density at radius 2 is 1.79 bits per heavy atom. The van der Waals surface area contributed by atoms with E-state index in [0.29, 0.717) is 76.7 Å².